The number of likely N-dealkylation sites (tertiary alicyclic amines) is 1. The van der Waals surface area contributed by atoms with Gasteiger partial charge in [-0.25, -0.2) is 12.7 Å². The largest absolute Gasteiger partial charge is 0.357 e. The number of hydrogen-bond acceptors (Lipinski definition) is 4. The highest BCUT2D eigenvalue weighted by Gasteiger charge is 2.26. The molecule has 0 amide bonds. The number of halogens is 1. The Labute approximate surface area is 195 Å². The van der Waals surface area contributed by atoms with Crippen molar-refractivity contribution in [2.24, 2.45) is 4.99 Å². The Bertz CT molecular complexity index is 559. The number of unbranched alkanes of at least 4 members (excludes halogenated alkanes) is 2. The van der Waals surface area contributed by atoms with Crippen LogP contribution in [0.1, 0.15) is 65.2 Å². The van der Waals surface area contributed by atoms with Crippen LogP contribution in [-0.4, -0.2) is 81.2 Å². The molecule has 2 aliphatic rings. The van der Waals surface area contributed by atoms with Crippen LogP contribution in [0.5, 0.6) is 0 Å². The van der Waals surface area contributed by atoms with Gasteiger partial charge in [-0.15, -0.1) is 24.0 Å². The summed E-state index contributed by atoms with van der Waals surface area (Å²) < 4.78 is 25.6. The summed E-state index contributed by atoms with van der Waals surface area (Å²) in [4.78, 5) is 7.33. The van der Waals surface area contributed by atoms with Gasteiger partial charge in [-0.05, 0) is 72.0 Å². The summed E-state index contributed by atoms with van der Waals surface area (Å²) >= 11 is 0. The molecule has 2 N–H and O–H groups in total. The number of rotatable bonds is 10. The molecule has 2 heterocycles. The lowest BCUT2D eigenvalue weighted by atomic mass is 10.1. The third-order valence-electron chi connectivity index (χ3n) is 5.75. The summed E-state index contributed by atoms with van der Waals surface area (Å²) in [5, 5.41) is 6.82. The molecule has 2 rings (SSSR count). The fraction of sp³-hybridized carbons (Fsp3) is 0.950. The van der Waals surface area contributed by atoms with Crippen LogP contribution in [0.4, 0.5) is 0 Å². The van der Waals surface area contributed by atoms with E-state index < -0.39 is 10.0 Å². The van der Waals surface area contributed by atoms with Gasteiger partial charge < -0.3 is 15.5 Å². The van der Waals surface area contributed by atoms with Crippen molar-refractivity contribution in [1.29, 1.82) is 0 Å². The van der Waals surface area contributed by atoms with E-state index in [4.69, 9.17) is 4.99 Å². The molecule has 0 spiro atoms. The molecule has 0 bridgehead atoms. The first-order chi connectivity index (χ1) is 13.5. The van der Waals surface area contributed by atoms with Gasteiger partial charge in [0.2, 0.25) is 10.0 Å². The maximum atomic E-state index is 12.0. The molecule has 2 aliphatic heterocycles. The topological polar surface area (TPSA) is 77.0 Å². The van der Waals surface area contributed by atoms with Crippen molar-refractivity contribution in [3.8, 4) is 0 Å². The van der Waals surface area contributed by atoms with Crippen molar-refractivity contribution in [2.45, 2.75) is 71.3 Å². The molecule has 0 atom stereocenters. The third-order valence-corrected chi connectivity index (χ3v) is 7.63. The first-order valence-electron chi connectivity index (χ1n) is 11.3. The highest BCUT2D eigenvalue weighted by molar-refractivity contribution is 14.0. The van der Waals surface area contributed by atoms with Gasteiger partial charge in [0.05, 0.1) is 5.75 Å². The molecule has 0 unspecified atom stereocenters. The van der Waals surface area contributed by atoms with Crippen molar-refractivity contribution >= 4 is 40.0 Å². The van der Waals surface area contributed by atoms with E-state index in [1.807, 2.05) is 0 Å². The quantitative estimate of drug-likeness (QED) is 0.192. The number of guanidine groups is 1. The summed E-state index contributed by atoms with van der Waals surface area (Å²) in [6.07, 6.45) is 9.42. The predicted molar refractivity (Wildman–Crippen MR) is 133 cm³/mol. The van der Waals surface area contributed by atoms with Gasteiger partial charge in [-0.1, -0.05) is 12.8 Å². The second-order valence-electron chi connectivity index (χ2n) is 7.94. The zero-order valence-corrected chi connectivity index (χ0v) is 21.5. The normalized spacial score (nSPS) is 20.3. The standard InChI is InChI=1S/C20H41N5O2S.HI/c1-3-21-20(22-13-7-5-8-14-24-15-9-6-10-16-24)23-19-11-17-25(18-12-19)28(26,27)4-2;/h19H,3-18H2,1-2H3,(H2,21,22,23);1H. The second kappa shape index (κ2) is 14.8. The Morgan fingerprint density at radius 3 is 2.31 bits per heavy atom. The highest BCUT2D eigenvalue weighted by Crippen LogP contribution is 2.14. The molecule has 0 radical (unpaired) electrons. The van der Waals surface area contributed by atoms with Gasteiger partial charge in [0.1, 0.15) is 0 Å². The summed E-state index contributed by atoms with van der Waals surface area (Å²) in [6.45, 7) is 10.5. The summed E-state index contributed by atoms with van der Waals surface area (Å²) in [7, 11) is -3.06. The summed E-state index contributed by atoms with van der Waals surface area (Å²) in [5.41, 5.74) is 0. The second-order valence-corrected chi connectivity index (χ2v) is 10.2. The first kappa shape index (κ1) is 26.9. The first-order valence-corrected chi connectivity index (χ1v) is 12.9. The summed E-state index contributed by atoms with van der Waals surface area (Å²) in [5.74, 6) is 1.06. The van der Waals surface area contributed by atoms with E-state index in [9.17, 15) is 8.42 Å². The van der Waals surface area contributed by atoms with E-state index in [2.05, 4.69) is 22.5 Å². The lowest BCUT2D eigenvalue weighted by Gasteiger charge is -2.32. The van der Waals surface area contributed by atoms with Gasteiger partial charge in [0.15, 0.2) is 5.96 Å². The number of nitrogens with zero attached hydrogens (tertiary/aromatic N) is 3. The molecule has 0 aromatic rings. The van der Waals surface area contributed by atoms with Gasteiger partial charge in [0, 0.05) is 32.2 Å². The van der Waals surface area contributed by atoms with Crippen LogP contribution < -0.4 is 10.6 Å². The lowest BCUT2D eigenvalue weighted by molar-refractivity contribution is 0.224. The maximum absolute atomic E-state index is 12.0. The van der Waals surface area contributed by atoms with Gasteiger partial charge >= 0.3 is 0 Å². The number of aliphatic imine (C=N–C) groups is 1. The van der Waals surface area contributed by atoms with Gasteiger partial charge in [0.25, 0.3) is 0 Å². The van der Waals surface area contributed by atoms with Crippen molar-refractivity contribution in [3.63, 3.8) is 0 Å². The molecule has 29 heavy (non-hydrogen) atoms. The molecule has 0 aliphatic carbocycles. The molecule has 0 aromatic heterocycles. The Hall–Kier alpha value is -0.130. The predicted octanol–water partition coefficient (Wildman–Crippen LogP) is 2.63. The van der Waals surface area contributed by atoms with E-state index in [0.29, 0.717) is 19.1 Å². The van der Waals surface area contributed by atoms with Crippen LogP contribution in [0.2, 0.25) is 0 Å². The number of nitrogens with one attached hydrogen (secondary N) is 2. The fourth-order valence-electron chi connectivity index (χ4n) is 3.97. The molecule has 0 aromatic carbocycles. The van der Waals surface area contributed by atoms with Crippen LogP contribution >= 0.6 is 24.0 Å². The molecule has 7 nitrogen and oxygen atoms in total. The van der Waals surface area contributed by atoms with Crippen LogP contribution in [0, 0.1) is 0 Å². The minimum atomic E-state index is -3.06. The van der Waals surface area contributed by atoms with E-state index in [-0.39, 0.29) is 29.7 Å². The van der Waals surface area contributed by atoms with Crippen molar-refractivity contribution in [1.82, 2.24) is 19.8 Å². The van der Waals surface area contributed by atoms with E-state index >= 15 is 0 Å². The minimum absolute atomic E-state index is 0. The highest BCUT2D eigenvalue weighted by atomic mass is 127. The average Bonchev–Trinajstić information content (AvgIpc) is 2.72. The van der Waals surface area contributed by atoms with Crippen LogP contribution in [0.3, 0.4) is 0 Å². The van der Waals surface area contributed by atoms with Gasteiger partial charge in [-0.3, -0.25) is 4.99 Å². The van der Waals surface area contributed by atoms with E-state index in [1.54, 1.807) is 11.2 Å². The fourth-order valence-corrected chi connectivity index (χ4v) is 5.10. The number of piperidine rings is 2. The zero-order valence-electron chi connectivity index (χ0n) is 18.4. The average molecular weight is 544 g/mol. The van der Waals surface area contributed by atoms with Crippen molar-refractivity contribution in [3.05, 3.63) is 0 Å². The monoisotopic (exact) mass is 543 g/mol. The Balaban J connectivity index is 0.00000420. The minimum Gasteiger partial charge on any atom is -0.357 e. The van der Waals surface area contributed by atoms with E-state index in [0.717, 1.165) is 38.3 Å². The molecule has 2 saturated heterocycles. The van der Waals surface area contributed by atoms with Crippen LogP contribution in [0.25, 0.3) is 0 Å². The Morgan fingerprint density at radius 2 is 1.69 bits per heavy atom. The number of hydrogen-bond donors (Lipinski definition) is 2. The maximum Gasteiger partial charge on any atom is 0.213 e. The molecule has 172 valence electrons. The lowest BCUT2D eigenvalue weighted by Crippen LogP contribution is -2.50. The van der Waals surface area contributed by atoms with Crippen molar-refractivity contribution in [2.75, 3.05) is 51.6 Å². The van der Waals surface area contributed by atoms with Gasteiger partial charge in [-0.2, -0.15) is 0 Å². The molecule has 9 heteroatoms. The Kier molecular flexibility index (Phi) is 13.7. The third kappa shape index (κ3) is 10.1. The number of sulfonamides is 1. The molecule has 2 fully saturated rings. The van der Waals surface area contributed by atoms with Crippen LogP contribution in [-0.2, 0) is 10.0 Å². The molecular formula is C20H42IN5O2S. The Morgan fingerprint density at radius 1 is 1.00 bits per heavy atom. The molecule has 0 saturated carbocycles. The molecular weight excluding hydrogens is 501 g/mol. The zero-order chi connectivity index (χ0) is 20.2. The smallest absolute Gasteiger partial charge is 0.213 e. The van der Waals surface area contributed by atoms with Crippen molar-refractivity contribution < 1.29 is 8.42 Å². The summed E-state index contributed by atoms with van der Waals surface area (Å²) in [6, 6.07) is 0.292. The van der Waals surface area contributed by atoms with Crippen LogP contribution in [0.15, 0.2) is 4.99 Å². The van der Waals surface area contributed by atoms with E-state index in [1.165, 1.54) is 51.7 Å². The SMILES string of the molecule is CCNC(=NCCCCCN1CCCCC1)NC1CCN(S(=O)(=O)CC)CC1.I.